The van der Waals surface area contributed by atoms with Crippen LogP contribution in [0, 0.1) is 0 Å². The third kappa shape index (κ3) is 2.73. The quantitative estimate of drug-likeness (QED) is 0.723. The van der Waals surface area contributed by atoms with E-state index in [2.05, 4.69) is 22.3 Å². The Labute approximate surface area is 89.0 Å². The van der Waals surface area contributed by atoms with Crippen molar-refractivity contribution in [2.24, 2.45) is 7.05 Å². The molecule has 1 aromatic rings. The Hall–Kier alpha value is -0.530. The summed E-state index contributed by atoms with van der Waals surface area (Å²) in [5, 5.41) is 0.0358. The minimum Gasteiger partial charge on any atom is -0.339 e. The molecule has 1 aromatic heterocycles. The highest BCUT2D eigenvalue weighted by Crippen LogP contribution is 2.05. The molecule has 7 heteroatoms. The maximum absolute atomic E-state index is 11.6. The lowest BCUT2D eigenvalue weighted by Gasteiger charge is -2.09. The van der Waals surface area contributed by atoms with Gasteiger partial charge < -0.3 is 4.57 Å². The van der Waals surface area contributed by atoms with Crippen LogP contribution in [0.1, 0.15) is 6.92 Å². The van der Waals surface area contributed by atoms with E-state index in [-0.39, 0.29) is 11.1 Å². The molecule has 0 aromatic carbocycles. The molecule has 14 heavy (non-hydrogen) atoms. The maximum atomic E-state index is 11.6. The Morgan fingerprint density at radius 2 is 2.36 bits per heavy atom. The van der Waals surface area contributed by atoms with Crippen molar-refractivity contribution in [3.63, 3.8) is 0 Å². The fraction of sp³-hybridized carbons (Fsp3) is 0.571. The first kappa shape index (κ1) is 11.5. The molecule has 0 amide bonds. The van der Waals surface area contributed by atoms with E-state index in [4.69, 9.17) is 0 Å². The molecule has 0 aliphatic carbocycles. The summed E-state index contributed by atoms with van der Waals surface area (Å²) in [7, 11) is -1.77. The Balaban J connectivity index is 2.86. The van der Waals surface area contributed by atoms with Gasteiger partial charge >= 0.3 is 0 Å². The molecule has 0 spiro atoms. The topological polar surface area (TPSA) is 64.0 Å². The van der Waals surface area contributed by atoms with Crippen molar-refractivity contribution in [3.05, 3.63) is 12.5 Å². The first-order valence-electron chi connectivity index (χ1n) is 4.07. The summed E-state index contributed by atoms with van der Waals surface area (Å²) in [6.45, 7) is 1.74. The molecule has 1 N–H and O–H groups in total. The van der Waals surface area contributed by atoms with E-state index >= 15 is 0 Å². The van der Waals surface area contributed by atoms with E-state index in [1.165, 1.54) is 12.5 Å². The smallest absolute Gasteiger partial charge is 0.259 e. The predicted octanol–water partition coefficient (Wildman–Crippen LogP) is 0.0167. The molecule has 0 bridgehead atoms. The van der Waals surface area contributed by atoms with Gasteiger partial charge in [-0.1, -0.05) is 0 Å². The van der Waals surface area contributed by atoms with Gasteiger partial charge in [0.2, 0.25) is 0 Å². The van der Waals surface area contributed by atoms with E-state index in [0.29, 0.717) is 5.75 Å². The van der Waals surface area contributed by atoms with Crippen LogP contribution in [-0.4, -0.2) is 29.8 Å². The fourth-order valence-corrected chi connectivity index (χ4v) is 2.33. The molecule has 5 nitrogen and oxygen atoms in total. The second-order valence-corrected chi connectivity index (χ2v) is 5.11. The molecule has 0 fully saturated rings. The van der Waals surface area contributed by atoms with Gasteiger partial charge in [-0.2, -0.15) is 12.6 Å². The molecule has 0 unspecified atom stereocenters. The van der Waals surface area contributed by atoms with Crippen LogP contribution < -0.4 is 4.72 Å². The van der Waals surface area contributed by atoms with Crippen LogP contribution in [0.2, 0.25) is 0 Å². The van der Waals surface area contributed by atoms with Crippen molar-refractivity contribution >= 4 is 22.7 Å². The van der Waals surface area contributed by atoms with Crippen LogP contribution >= 0.6 is 12.6 Å². The normalized spacial score (nSPS) is 14.2. The molecular formula is C7H13N3O2S2. The molecule has 0 saturated heterocycles. The van der Waals surface area contributed by atoms with Crippen molar-refractivity contribution < 1.29 is 8.42 Å². The largest absolute Gasteiger partial charge is 0.339 e. The van der Waals surface area contributed by atoms with Gasteiger partial charge in [0.15, 0.2) is 5.03 Å². The predicted molar refractivity (Wildman–Crippen MR) is 56.8 cm³/mol. The number of sulfonamides is 1. The molecule has 1 rings (SSSR count). The first-order valence-corrected chi connectivity index (χ1v) is 6.18. The Morgan fingerprint density at radius 3 is 2.79 bits per heavy atom. The maximum Gasteiger partial charge on any atom is 0.259 e. The third-order valence-corrected chi connectivity index (χ3v) is 3.61. The SMILES string of the molecule is C[C@H](CS)NS(=O)(=O)c1cn(C)cn1. The van der Waals surface area contributed by atoms with Gasteiger partial charge in [-0.25, -0.2) is 18.1 Å². The van der Waals surface area contributed by atoms with E-state index in [9.17, 15) is 8.42 Å². The Morgan fingerprint density at radius 1 is 1.71 bits per heavy atom. The zero-order valence-corrected chi connectivity index (χ0v) is 9.72. The number of hydrogen-bond donors (Lipinski definition) is 2. The van der Waals surface area contributed by atoms with Crippen molar-refractivity contribution in [1.82, 2.24) is 14.3 Å². The minimum atomic E-state index is -3.48. The summed E-state index contributed by atoms with van der Waals surface area (Å²) in [4.78, 5) is 3.76. The van der Waals surface area contributed by atoms with Gasteiger partial charge in [-0.15, -0.1) is 0 Å². The summed E-state index contributed by atoms with van der Waals surface area (Å²) in [6, 6.07) is -0.203. The number of thiol groups is 1. The average molecular weight is 235 g/mol. The lowest BCUT2D eigenvalue weighted by Crippen LogP contribution is -2.33. The molecule has 0 aliphatic heterocycles. The minimum absolute atomic E-state index is 0.0358. The lowest BCUT2D eigenvalue weighted by molar-refractivity contribution is 0.568. The summed E-state index contributed by atoms with van der Waals surface area (Å²) in [6.07, 6.45) is 2.90. The van der Waals surface area contributed by atoms with Gasteiger partial charge in [0.1, 0.15) is 0 Å². The number of aromatic nitrogens is 2. The second-order valence-electron chi connectivity index (χ2n) is 3.08. The van der Waals surface area contributed by atoms with Crippen LogP contribution in [0.15, 0.2) is 17.6 Å². The summed E-state index contributed by atoms with van der Waals surface area (Å²) in [5.74, 6) is 0.450. The lowest BCUT2D eigenvalue weighted by atomic mass is 10.4. The van der Waals surface area contributed by atoms with E-state index in [0.717, 1.165) is 0 Å². The van der Waals surface area contributed by atoms with Crippen molar-refractivity contribution in [1.29, 1.82) is 0 Å². The standard InChI is InChI=1S/C7H13N3O2S2/c1-6(4-13)9-14(11,12)7-3-10(2)5-8-7/h3,5-6,9,13H,4H2,1-2H3/t6-/m1/s1. The zero-order valence-electron chi connectivity index (χ0n) is 8.01. The molecule has 1 heterocycles. The highest BCUT2D eigenvalue weighted by atomic mass is 32.2. The highest BCUT2D eigenvalue weighted by molar-refractivity contribution is 7.89. The van der Waals surface area contributed by atoms with Gasteiger partial charge in [0.05, 0.1) is 6.33 Å². The number of rotatable bonds is 4. The van der Waals surface area contributed by atoms with Gasteiger partial charge in [0, 0.05) is 25.0 Å². The number of aryl methyl sites for hydroxylation is 1. The fourth-order valence-electron chi connectivity index (χ4n) is 0.890. The summed E-state index contributed by atoms with van der Waals surface area (Å²) < 4.78 is 27.2. The molecule has 80 valence electrons. The van der Waals surface area contributed by atoms with Crippen LogP contribution in [0.3, 0.4) is 0 Å². The van der Waals surface area contributed by atoms with Gasteiger partial charge in [-0.3, -0.25) is 0 Å². The average Bonchev–Trinajstić information content (AvgIpc) is 2.51. The van der Waals surface area contributed by atoms with Crippen LogP contribution in [0.5, 0.6) is 0 Å². The molecular weight excluding hydrogens is 222 g/mol. The zero-order chi connectivity index (χ0) is 10.8. The molecule has 1 atom stereocenters. The second kappa shape index (κ2) is 4.33. The Kier molecular flexibility index (Phi) is 3.57. The van der Waals surface area contributed by atoms with Gasteiger partial charge in [-0.05, 0) is 6.92 Å². The number of nitrogens with zero attached hydrogens (tertiary/aromatic N) is 2. The number of hydrogen-bond acceptors (Lipinski definition) is 4. The van der Waals surface area contributed by atoms with Crippen LogP contribution in [0.25, 0.3) is 0 Å². The monoisotopic (exact) mass is 235 g/mol. The molecule has 0 radical (unpaired) electrons. The van der Waals surface area contributed by atoms with E-state index < -0.39 is 10.0 Å². The van der Waals surface area contributed by atoms with Crippen LogP contribution in [-0.2, 0) is 17.1 Å². The van der Waals surface area contributed by atoms with Crippen molar-refractivity contribution in [2.45, 2.75) is 18.0 Å². The highest BCUT2D eigenvalue weighted by Gasteiger charge is 2.18. The Bertz CT molecular complexity index is 399. The van der Waals surface area contributed by atoms with E-state index in [1.807, 2.05) is 0 Å². The molecule has 0 saturated carbocycles. The number of imidazole rings is 1. The number of nitrogens with one attached hydrogen (secondary N) is 1. The van der Waals surface area contributed by atoms with Gasteiger partial charge in [0.25, 0.3) is 10.0 Å². The summed E-state index contributed by atoms with van der Waals surface area (Å²) >= 11 is 3.99. The third-order valence-electron chi connectivity index (χ3n) is 1.59. The van der Waals surface area contributed by atoms with Crippen molar-refractivity contribution in [2.75, 3.05) is 5.75 Å². The first-order chi connectivity index (χ1) is 6.45. The van der Waals surface area contributed by atoms with Crippen LogP contribution in [0.4, 0.5) is 0 Å². The summed E-state index contributed by atoms with van der Waals surface area (Å²) in [5.41, 5.74) is 0. The van der Waals surface area contributed by atoms with E-state index in [1.54, 1.807) is 18.5 Å². The molecule has 0 aliphatic rings. The van der Waals surface area contributed by atoms with Crippen molar-refractivity contribution in [3.8, 4) is 0 Å².